The minimum Gasteiger partial charge on any atom is -0.497 e. The van der Waals surface area contributed by atoms with Crippen LogP contribution >= 0.6 is 11.3 Å². The van der Waals surface area contributed by atoms with Crippen molar-refractivity contribution in [3.63, 3.8) is 0 Å². The van der Waals surface area contributed by atoms with Gasteiger partial charge in [-0.2, -0.15) is 9.61 Å². The zero-order valence-corrected chi connectivity index (χ0v) is 14.7. The van der Waals surface area contributed by atoms with Crippen molar-refractivity contribution in [3.8, 4) is 22.9 Å². The van der Waals surface area contributed by atoms with Gasteiger partial charge in [0.1, 0.15) is 16.5 Å². The Kier molecular flexibility index (Phi) is 4.07. The standard InChI is InChI=1S/C18H16N4O2S/c1-23-14-7-3-12(4-8-14)11-16-21-22-17(19-20-18(22)25-16)13-5-9-15(24-2)10-6-13/h3-10H,11H2,1-2H3. The van der Waals surface area contributed by atoms with Gasteiger partial charge in [0.2, 0.25) is 4.96 Å². The third-order valence-electron chi connectivity index (χ3n) is 3.90. The highest BCUT2D eigenvalue weighted by molar-refractivity contribution is 7.16. The summed E-state index contributed by atoms with van der Waals surface area (Å²) in [7, 11) is 3.31. The second-order valence-corrected chi connectivity index (χ2v) is 6.51. The first-order valence-electron chi connectivity index (χ1n) is 7.75. The third kappa shape index (κ3) is 3.06. The molecule has 2 heterocycles. The summed E-state index contributed by atoms with van der Waals surface area (Å²) in [4.78, 5) is 0.786. The van der Waals surface area contributed by atoms with Crippen molar-refractivity contribution >= 4 is 16.3 Å². The molecule has 2 aromatic carbocycles. The van der Waals surface area contributed by atoms with Crippen LogP contribution in [0.25, 0.3) is 16.3 Å². The highest BCUT2D eigenvalue weighted by atomic mass is 32.1. The fourth-order valence-corrected chi connectivity index (χ4v) is 3.43. The van der Waals surface area contributed by atoms with E-state index in [1.54, 1.807) is 30.1 Å². The van der Waals surface area contributed by atoms with Crippen LogP contribution in [0.3, 0.4) is 0 Å². The van der Waals surface area contributed by atoms with Gasteiger partial charge in [0, 0.05) is 12.0 Å². The Morgan fingerprint density at radius 2 is 1.52 bits per heavy atom. The predicted molar refractivity (Wildman–Crippen MR) is 96.4 cm³/mol. The number of hydrogen-bond acceptors (Lipinski definition) is 6. The molecule has 7 heteroatoms. The Hall–Kier alpha value is -2.93. The van der Waals surface area contributed by atoms with E-state index in [1.165, 1.54) is 5.56 Å². The van der Waals surface area contributed by atoms with Gasteiger partial charge >= 0.3 is 0 Å². The maximum atomic E-state index is 5.20. The average Bonchev–Trinajstić information content (AvgIpc) is 3.22. The van der Waals surface area contributed by atoms with E-state index in [1.807, 2.05) is 48.5 Å². The summed E-state index contributed by atoms with van der Waals surface area (Å²) in [6, 6.07) is 15.7. The van der Waals surface area contributed by atoms with E-state index in [0.717, 1.165) is 39.3 Å². The zero-order chi connectivity index (χ0) is 17.2. The van der Waals surface area contributed by atoms with Crippen LogP contribution in [0, 0.1) is 0 Å². The molecule has 0 radical (unpaired) electrons. The van der Waals surface area contributed by atoms with Gasteiger partial charge in [-0.1, -0.05) is 23.5 Å². The molecule has 0 fully saturated rings. The van der Waals surface area contributed by atoms with E-state index >= 15 is 0 Å². The highest BCUT2D eigenvalue weighted by Gasteiger charge is 2.13. The second kappa shape index (κ2) is 6.52. The lowest BCUT2D eigenvalue weighted by molar-refractivity contribution is 0.414. The first-order chi connectivity index (χ1) is 12.3. The van der Waals surface area contributed by atoms with Crippen molar-refractivity contribution < 1.29 is 9.47 Å². The van der Waals surface area contributed by atoms with Crippen LogP contribution in [0.4, 0.5) is 0 Å². The summed E-state index contributed by atoms with van der Waals surface area (Å²) >= 11 is 1.55. The topological polar surface area (TPSA) is 61.5 Å². The zero-order valence-electron chi connectivity index (χ0n) is 13.8. The summed E-state index contributed by atoms with van der Waals surface area (Å²) in [6.07, 6.45) is 0.750. The van der Waals surface area contributed by atoms with Crippen LogP contribution < -0.4 is 9.47 Å². The maximum Gasteiger partial charge on any atom is 0.234 e. The molecule has 4 rings (SSSR count). The Morgan fingerprint density at radius 3 is 2.16 bits per heavy atom. The number of fused-ring (bicyclic) bond motifs is 1. The van der Waals surface area contributed by atoms with Crippen molar-refractivity contribution in [2.24, 2.45) is 0 Å². The molecular formula is C18H16N4O2S. The molecule has 0 unspecified atom stereocenters. The summed E-state index contributed by atoms with van der Waals surface area (Å²) in [5.41, 5.74) is 2.13. The molecular weight excluding hydrogens is 336 g/mol. The van der Waals surface area contributed by atoms with E-state index in [-0.39, 0.29) is 0 Å². The number of benzene rings is 2. The van der Waals surface area contributed by atoms with E-state index in [2.05, 4.69) is 15.3 Å². The van der Waals surface area contributed by atoms with Crippen molar-refractivity contribution in [1.29, 1.82) is 0 Å². The van der Waals surface area contributed by atoms with E-state index in [9.17, 15) is 0 Å². The molecule has 4 aromatic rings. The summed E-state index contributed by atoms with van der Waals surface area (Å²) < 4.78 is 12.2. The lowest BCUT2D eigenvalue weighted by Crippen LogP contribution is -1.94. The normalized spacial score (nSPS) is 11.0. The fraction of sp³-hybridized carbons (Fsp3) is 0.167. The quantitative estimate of drug-likeness (QED) is 0.550. The largest absolute Gasteiger partial charge is 0.497 e. The van der Waals surface area contributed by atoms with Crippen molar-refractivity contribution in [2.45, 2.75) is 6.42 Å². The molecule has 126 valence electrons. The van der Waals surface area contributed by atoms with Gasteiger partial charge in [0.15, 0.2) is 5.82 Å². The number of methoxy groups -OCH3 is 2. The van der Waals surface area contributed by atoms with Crippen LogP contribution in [0.5, 0.6) is 11.5 Å². The van der Waals surface area contributed by atoms with Crippen molar-refractivity contribution in [2.75, 3.05) is 14.2 Å². The molecule has 0 saturated carbocycles. The fourth-order valence-electron chi connectivity index (χ4n) is 2.57. The van der Waals surface area contributed by atoms with E-state index < -0.39 is 0 Å². The molecule has 0 aliphatic carbocycles. The smallest absolute Gasteiger partial charge is 0.234 e. The van der Waals surface area contributed by atoms with Gasteiger partial charge in [-0.25, -0.2) is 0 Å². The van der Waals surface area contributed by atoms with Crippen LogP contribution in [-0.4, -0.2) is 34.0 Å². The Morgan fingerprint density at radius 1 is 0.880 bits per heavy atom. The van der Waals surface area contributed by atoms with Crippen LogP contribution in [-0.2, 0) is 6.42 Å². The molecule has 0 N–H and O–H groups in total. The van der Waals surface area contributed by atoms with Gasteiger partial charge in [0.05, 0.1) is 14.2 Å². The predicted octanol–water partition coefficient (Wildman–Crippen LogP) is 3.46. The number of aromatic nitrogens is 4. The molecule has 0 spiro atoms. The Labute approximate surface area is 148 Å². The van der Waals surface area contributed by atoms with Crippen LogP contribution in [0.2, 0.25) is 0 Å². The molecule has 0 saturated heterocycles. The Balaban J connectivity index is 1.62. The summed E-state index contributed by atoms with van der Waals surface area (Å²) in [6.45, 7) is 0. The molecule has 25 heavy (non-hydrogen) atoms. The Bertz CT molecular complexity index is 990. The lowest BCUT2D eigenvalue weighted by Gasteiger charge is -2.01. The van der Waals surface area contributed by atoms with Crippen molar-refractivity contribution in [1.82, 2.24) is 19.8 Å². The number of nitrogens with zero attached hydrogens (tertiary/aromatic N) is 4. The van der Waals surface area contributed by atoms with Gasteiger partial charge in [-0.3, -0.25) is 0 Å². The molecule has 0 bridgehead atoms. The highest BCUT2D eigenvalue weighted by Crippen LogP contribution is 2.25. The first kappa shape index (κ1) is 15.6. The number of ether oxygens (including phenoxy) is 2. The van der Waals surface area contributed by atoms with Gasteiger partial charge in [-0.15, -0.1) is 10.2 Å². The number of rotatable bonds is 5. The van der Waals surface area contributed by atoms with Gasteiger partial charge in [-0.05, 0) is 42.0 Å². The van der Waals surface area contributed by atoms with Crippen LogP contribution in [0.1, 0.15) is 10.6 Å². The average molecular weight is 352 g/mol. The minimum absolute atomic E-state index is 0.731. The summed E-state index contributed by atoms with van der Waals surface area (Å²) in [5.74, 6) is 2.39. The molecule has 0 aliphatic heterocycles. The second-order valence-electron chi connectivity index (χ2n) is 5.47. The monoisotopic (exact) mass is 352 g/mol. The third-order valence-corrected chi connectivity index (χ3v) is 4.79. The maximum absolute atomic E-state index is 5.20. The lowest BCUT2D eigenvalue weighted by atomic mass is 10.1. The van der Waals surface area contributed by atoms with E-state index in [4.69, 9.17) is 9.47 Å². The molecule has 0 amide bonds. The summed E-state index contributed by atoms with van der Waals surface area (Å²) in [5, 5.41) is 14.2. The van der Waals surface area contributed by atoms with Gasteiger partial charge in [0.25, 0.3) is 0 Å². The minimum atomic E-state index is 0.731. The van der Waals surface area contributed by atoms with Crippen LogP contribution in [0.15, 0.2) is 48.5 Å². The number of hydrogen-bond donors (Lipinski definition) is 0. The molecule has 0 atom stereocenters. The van der Waals surface area contributed by atoms with E-state index in [0.29, 0.717) is 0 Å². The first-order valence-corrected chi connectivity index (χ1v) is 8.57. The molecule has 2 aromatic heterocycles. The SMILES string of the molecule is COc1ccc(Cc2nn3c(-c4ccc(OC)cc4)nnc3s2)cc1. The van der Waals surface area contributed by atoms with Gasteiger partial charge < -0.3 is 9.47 Å². The molecule has 6 nitrogen and oxygen atoms in total. The molecule has 0 aliphatic rings. The van der Waals surface area contributed by atoms with Crippen molar-refractivity contribution in [3.05, 3.63) is 59.1 Å².